The molecule has 1 aromatic rings. The monoisotopic (exact) mass is 302 g/mol. The first kappa shape index (κ1) is 14.9. The van der Waals surface area contributed by atoms with Gasteiger partial charge in [0.2, 0.25) is 0 Å². The first-order chi connectivity index (χ1) is 9.40. The predicted octanol–water partition coefficient (Wildman–Crippen LogP) is -0.134. The summed E-state index contributed by atoms with van der Waals surface area (Å²) in [6.45, 7) is 0.851. The van der Waals surface area contributed by atoms with E-state index in [1.165, 1.54) is 21.4 Å². The van der Waals surface area contributed by atoms with E-state index in [2.05, 4.69) is 9.82 Å². The molecule has 1 aromatic heterocycles. The average Bonchev–Trinajstić information content (AvgIpc) is 2.83. The Kier molecular flexibility index (Phi) is 4.41. The van der Waals surface area contributed by atoms with Gasteiger partial charge in [-0.05, 0) is 12.8 Å². The van der Waals surface area contributed by atoms with Gasteiger partial charge in [-0.15, -0.1) is 0 Å². The van der Waals surface area contributed by atoms with Gasteiger partial charge in [-0.2, -0.15) is 22.5 Å². The molecule has 0 aliphatic carbocycles. The van der Waals surface area contributed by atoms with Crippen LogP contribution in [0.5, 0.6) is 0 Å². The Bertz CT molecular complexity index is 577. The molecular formula is C11H18N4O4S. The van der Waals surface area contributed by atoms with Crippen LogP contribution < -0.4 is 4.72 Å². The third kappa shape index (κ3) is 3.35. The van der Waals surface area contributed by atoms with Gasteiger partial charge in [0.15, 0.2) is 0 Å². The Labute approximate surface area is 117 Å². The quantitative estimate of drug-likeness (QED) is 0.788. The summed E-state index contributed by atoms with van der Waals surface area (Å²) < 4.78 is 29.4. The number of aliphatic carboxylic acids is 1. The lowest BCUT2D eigenvalue weighted by atomic mass is 10.2. The van der Waals surface area contributed by atoms with Gasteiger partial charge in [0.05, 0.1) is 6.20 Å². The van der Waals surface area contributed by atoms with Crippen LogP contribution in [-0.4, -0.2) is 46.7 Å². The molecule has 0 spiro atoms. The molecule has 2 heterocycles. The number of aryl methyl sites for hydroxylation is 1. The summed E-state index contributed by atoms with van der Waals surface area (Å²) in [7, 11) is -2.16. The van der Waals surface area contributed by atoms with E-state index < -0.39 is 22.2 Å². The second kappa shape index (κ2) is 5.90. The Balaban J connectivity index is 2.17. The second-order valence-corrected chi connectivity index (χ2v) is 6.50. The van der Waals surface area contributed by atoms with Crippen molar-refractivity contribution in [3.05, 3.63) is 18.0 Å². The maximum atomic E-state index is 12.2. The minimum absolute atomic E-state index is 0.306. The van der Waals surface area contributed by atoms with Gasteiger partial charge in [-0.25, -0.2) is 0 Å². The molecule has 0 radical (unpaired) electrons. The standard InChI is InChI=1S/C11H18N4O4S/c1-14-8-9(7-12-14)10(11(16)17)13-20(18,19)15-5-3-2-4-6-15/h7-8,10,13H,2-6H2,1H3,(H,16,17). The van der Waals surface area contributed by atoms with Gasteiger partial charge < -0.3 is 5.11 Å². The van der Waals surface area contributed by atoms with E-state index in [0.717, 1.165) is 19.3 Å². The summed E-state index contributed by atoms with van der Waals surface area (Å²) >= 11 is 0. The van der Waals surface area contributed by atoms with E-state index in [-0.39, 0.29) is 0 Å². The maximum Gasteiger partial charge on any atom is 0.326 e. The molecule has 1 atom stereocenters. The van der Waals surface area contributed by atoms with Crippen LogP contribution in [0, 0.1) is 0 Å². The highest BCUT2D eigenvalue weighted by Crippen LogP contribution is 2.17. The molecule has 1 aliphatic heterocycles. The number of aromatic nitrogens is 2. The molecule has 8 nitrogen and oxygen atoms in total. The molecule has 1 unspecified atom stereocenters. The lowest BCUT2D eigenvalue weighted by Crippen LogP contribution is -2.46. The van der Waals surface area contributed by atoms with Gasteiger partial charge >= 0.3 is 5.97 Å². The zero-order valence-electron chi connectivity index (χ0n) is 11.2. The van der Waals surface area contributed by atoms with Crippen LogP contribution in [-0.2, 0) is 22.1 Å². The molecule has 1 aliphatic rings. The van der Waals surface area contributed by atoms with Crippen LogP contribution in [0.15, 0.2) is 12.4 Å². The summed E-state index contributed by atoms with van der Waals surface area (Å²) in [4.78, 5) is 11.3. The zero-order valence-corrected chi connectivity index (χ0v) is 12.0. The number of carbonyl (C=O) groups is 1. The fourth-order valence-electron chi connectivity index (χ4n) is 2.18. The zero-order chi connectivity index (χ0) is 14.8. The topological polar surface area (TPSA) is 105 Å². The summed E-state index contributed by atoms with van der Waals surface area (Å²) in [6.07, 6.45) is 5.42. The first-order valence-electron chi connectivity index (χ1n) is 6.39. The number of piperidine rings is 1. The number of hydrogen-bond acceptors (Lipinski definition) is 4. The Morgan fingerprint density at radius 3 is 2.55 bits per heavy atom. The van der Waals surface area contributed by atoms with Crippen molar-refractivity contribution in [2.75, 3.05) is 13.1 Å². The molecule has 1 saturated heterocycles. The van der Waals surface area contributed by atoms with Crippen molar-refractivity contribution in [2.24, 2.45) is 7.05 Å². The summed E-state index contributed by atoms with van der Waals surface area (Å²) in [5.41, 5.74) is 0.306. The van der Waals surface area contributed by atoms with E-state index in [1.807, 2.05) is 0 Å². The number of hydrogen-bond donors (Lipinski definition) is 2. The van der Waals surface area contributed by atoms with E-state index in [0.29, 0.717) is 18.7 Å². The Hall–Kier alpha value is -1.45. The highest BCUT2D eigenvalue weighted by atomic mass is 32.2. The second-order valence-electron chi connectivity index (χ2n) is 4.80. The lowest BCUT2D eigenvalue weighted by molar-refractivity contribution is -0.139. The molecule has 0 bridgehead atoms. The molecule has 20 heavy (non-hydrogen) atoms. The molecule has 0 amide bonds. The molecule has 112 valence electrons. The van der Waals surface area contributed by atoms with Crippen LogP contribution >= 0.6 is 0 Å². The molecular weight excluding hydrogens is 284 g/mol. The number of carboxylic acids is 1. The first-order valence-corrected chi connectivity index (χ1v) is 7.83. The summed E-state index contributed by atoms with van der Waals surface area (Å²) in [5.74, 6) is -1.25. The van der Waals surface area contributed by atoms with Crippen molar-refractivity contribution in [2.45, 2.75) is 25.3 Å². The molecule has 2 rings (SSSR count). The molecule has 1 fully saturated rings. The molecule has 0 aromatic carbocycles. The SMILES string of the molecule is Cn1cc(C(NS(=O)(=O)N2CCCCC2)C(=O)O)cn1. The normalized spacial score (nSPS) is 18.9. The van der Waals surface area contributed by atoms with E-state index >= 15 is 0 Å². The van der Waals surface area contributed by atoms with Crippen molar-refractivity contribution in [1.29, 1.82) is 0 Å². The van der Waals surface area contributed by atoms with Gasteiger partial charge in [-0.3, -0.25) is 9.48 Å². The number of nitrogens with zero attached hydrogens (tertiary/aromatic N) is 3. The van der Waals surface area contributed by atoms with Crippen molar-refractivity contribution in [1.82, 2.24) is 18.8 Å². The fraction of sp³-hybridized carbons (Fsp3) is 0.636. The van der Waals surface area contributed by atoms with Crippen molar-refractivity contribution >= 4 is 16.2 Å². The average molecular weight is 302 g/mol. The van der Waals surface area contributed by atoms with Crippen LogP contribution in [0.1, 0.15) is 30.9 Å². The Morgan fingerprint density at radius 1 is 1.40 bits per heavy atom. The van der Waals surface area contributed by atoms with Crippen molar-refractivity contribution in [3.8, 4) is 0 Å². The van der Waals surface area contributed by atoms with Gasteiger partial charge in [-0.1, -0.05) is 6.42 Å². The van der Waals surface area contributed by atoms with E-state index in [1.54, 1.807) is 7.05 Å². The van der Waals surface area contributed by atoms with Crippen LogP contribution in [0.25, 0.3) is 0 Å². The van der Waals surface area contributed by atoms with Gasteiger partial charge in [0, 0.05) is 31.9 Å². The summed E-state index contributed by atoms with van der Waals surface area (Å²) in [5, 5.41) is 13.1. The van der Waals surface area contributed by atoms with Crippen molar-refractivity contribution < 1.29 is 18.3 Å². The van der Waals surface area contributed by atoms with Crippen molar-refractivity contribution in [3.63, 3.8) is 0 Å². The third-order valence-corrected chi connectivity index (χ3v) is 4.81. The fourth-order valence-corrected chi connectivity index (χ4v) is 3.60. The van der Waals surface area contributed by atoms with Gasteiger partial charge in [0.1, 0.15) is 6.04 Å². The molecule has 2 N–H and O–H groups in total. The molecule has 9 heteroatoms. The van der Waals surface area contributed by atoms with Gasteiger partial charge in [0.25, 0.3) is 10.2 Å². The maximum absolute atomic E-state index is 12.2. The smallest absolute Gasteiger partial charge is 0.326 e. The number of nitrogens with one attached hydrogen (secondary N) is 1. The lowest BCUT2D eigenvalue weighted by Gasteiger charge is -2.27. The predicted molar refractivity (Wildman–Crippen MR) is 71.1 cm³/mol. The summed E-state index contributed by atoms with van der Waals surface area (Å²) in [6, 6.07) is -1.32. The highest BCUT2D eigenvalue weighted by molar-refractivity contribution is 7.87. The van der Waals surface area contributed by atoms with Crippen LogP contribution in [0.3, 0.4) is 0 Å². The van der Waals surface area contributed by atoms with E-state index in [9.17, 15) is 18.3 Å². The van der Waals surface area contributed by atoms with E-state index in [4.69, 9.17) is 0 Å². The minimum Gasteiger partial charge on any atom is -0.480 e. The molecule has 0 saturated carbocycles. The minimum atomic E-state index is -3.80. The Morgan fingerprint density at radius 2 is 2.05 bits per heavy atom. The largest absolute Gasteiger partial charge is 0.480 e. The highest BCUT2D eigenvalue weighted by Gasteiger charge is 2.31. The number of carboxylic acid groups (broad SMARTS) is 1. The third-order valence-electron chi connectivity index (χ3n) is 3.23. The number of rotatable bonds is 5. The van der Waals surface area contributed by atoms with Crippen LogP contribution in [0.2, 0.25) is 0 Å². The van der Waals surface area contributed by atoms with Crippen LogP contribution in [0.4, 0.5) is 0 Å².